The summed E-state index contributed by atoms with van der Waals surface area (Å²) in [6, 6.07) is 0.601. The average molecular weight is 313 g/mol. The third-order valence-corrected chi connectivity index (χ3v) is 4.35. The molecule has 2 aromatic heterocycles. The summed E-state index contributed by atoms with van der Waals surface area (Å²) in [7, 11) is 0. The Morgan fingerprint density at radius 3 is 2.74 bits per heavy atom. The van der Waals surface area contributed by atoms with E-state index in [4.69, 9.17) is 4.74 Å². The highest BCUT2D eigenvalue weighted by Crippen LogP contribution is 2.36. The largest absolute Gasteiger partial charge is 0.374 e. The summed E-state index contributed by atoms with van der Waals surface area (Å²) in [5.41, 5.74) is 1.60. The van der Waals surface area contributed by atoms with E-state index >= 15 is 0 Å². The third kappa shape index (κ3) is 2.84. The number of ether oxygens (including phenoxy) is 1. The van der Waals surface area contributed by atoms with Gasteiger partial charge in [0, 0.05) is 30.7 Å². The molecule has 2 aliphatic rings. The monoisotopic (exact) mass is 313 g/mol. The van der Waals surface area contributed by atoms with Gasteiger partial charge in [0.05, 0.1) is 36.6 Å². The first-order valence-corrected chi connectivity index (χ1v) is 7.94. The number of aldehydes is 1. The molecule has 1 aliphatic heterocycles. The fraction of sp³-hybridized carbons (Fsp3) is 0.500. The Kier molecular flexibility index (Phi) is 3.57. The molecule has 1 aliphatic carbocycles. The standard InChI is InChI=1S/C16H19N5O2/c1-11-7-20(16-17-4-12(9-22)5-18-16)15(10-23-11)13-6-19-21(8-13)14-2-3-14/h4-6,8-9,11,14-15H,2-3,7,10H2,1H3. The Morgan fingerprint density at radius 1 is 1.26 bits per heavy atom. The SMILES string of the molecule is CC1CN(c2ncc(C=O)cn2)C(c2cnn(C3CC3)c2)CO1. The van der Waals surface area contributed by atoms with Gasteiger partial charge in [0.25, 0.3) is 0 Å². The molecule has 2 aromatic rings. The van der Waals surface area contributed by atoms with Gasteiger partial charge in [-0.25, -0.2) is 9.97 Å². The number of carbonyl (C=O) groups excluding carboxylic acids is 1. The van der Waals surface area contributed by atoms with Crippen molar-refractivity contribution < 1.29 is 9.53 Å². The summed E-state index contributed by atoms with van der Waals surface area (Å²) in [4.78, 5) is 21.6. The van der Waals surface area contributed by atoms with E-state index in [-0.39, 0.29) is 12.1 Å². The molecule has 7 heteroatoms. The maximum absolute atomic E-state index is 10.8. The molecule has 120 valence electrons. The highest BCUT2D eigenvalue weighted by Gasteiger charge is 2.32. The molecule has 7 nitrogen and oxygen atoms in total. The van der Waals surface area contributed by atoms with Crippen LogP contribution in [0.15, 0.2) is 24.8 Å². The Balaban J connectivity index is 1.62. The molecule has 23 heavy (non-hydrogen) atoms. The molecule has 0 radical (unpaired) electrons. The summed E-state index contributed by atoms with van der Waals surface area (Å²) in [5.74, 6) is 0.620. The molecule has 1 saturated heterocycles. The van der Waals surface area contributed by atoms with E-state index in [0.717, 1.165) is 11.8 Å². The Labute approximate surface area is 134 Å². The second-order valence-electron chi connectivity index (χ2n) is 6.23. The average Bonchev–Trinajstić information content (AvgIpc) is 3.33. The van der Waals surface area contributed by atoms with Crippen molar-refractivity contribution in [2.24, 2.45) is 0 Å². The number of aromatic nitrogens is 4. The minimum Gasteiger partial charge on any atom is -0.374 e. The van der Waals surface area contributed by atoms with Gasteiger partial charge in [-0.2, -0.15) is 5.10 Å². The molecule has 0 amide bonds. The summed E-state index contributed by atoms with van der Waals surface area (Å²) in [6.45, 7) is 3.33. The summed E-state index contributed by atoms with van der Waals surface area (Å²) in [5, 5.41) is 4.48. The van der Waals surface area contributed by atoms with Gasteiger partial charge in [-0.15, -0.1) is 0 Å². The van der Waals surface area contributed by atoms with E-state index in [1.807, 2.05) is 17.8 Å². The van der Waals surface area contributed by atoms with Crippen molar-refractivity contribution in [2.45, 2.75) is 38.0 Å². The summed E-state index contributed by atoms with van der Waals surface area (Å²) < 4.78 is 7.88. The first-order chi connectivity index (χ1) is 11.2. The number of anilines is 1. The van der Waals surface area contributed by atoms with Crippen LogP contribution in [0.5, 0.6) is 0 Å². The number of nitrogens with zero attached hydrogens (tertiary/aromatic N) is 5. The van der Waals surface area contributed by atoms with Crippen LogP contribution in [0.3, 0.4) is 0 Å². The van der Waals surface area contributed by atoms with Gasteiger partial charge in [-0.3, -0.25) is 9.48 Å². The van der Waals surface area contributed by atoms with Crippen molar-refractivity contribution in [1.82, 2.24) is 19.7 Å². The summed E-state index contributed by atoms with van der Waals surface area (Å²) >= 11 is 0. The van der Waals surface area contributed by atoms with Crippen LogP contribution in [0, 0.1) is 0 Å². The quantitative estimate of drug-likeness (QED) is 0.801. The van der Waals surface area contributed by atoms with Crippen LogP contribution in [-0.4, -0.2) is 45.3 Å². The van der Waals surface area contributed by atoms with Gasteiger partial charge in [-0.1, -0.05) is 0 Å². The lowest BCUT2D eigenvalue weighted by atomic mass is 10.1. The van der Waals surface area contributed by atoms with Crippen molar-refractivity contribution in [3.05, 3.63) is 35.9 Å². The van der Waals surface area contributed by atoms with Crippen molar-refractivity contribution >= 4 is 12.2 Å². The van der Waals surface area contributed by atoms with E-state index in [1.165, 1.54) is 12.8 Å². The molecule has 2 unspecified atom stereocenters. The molecule has 1 saturated carbocycles. The minimum absolute atomic E-state index is 0.0424. The first kappa shape index (κ1) is 14.3. The summed E-state index contributed by atoms with van der Waals surface area (Å²) in [6.07, 6.45) is 10.4. The van der Waals surface area contributed by atoms with Gasteiger partial charge in [-0.05, 0) is 19.8 Å². The smallest absolute Gasteiger partial charge is 0.225 e. The molecule has 0 aromatic carbocycles. The van der Waals surface area contributed by atoms with E-state index in [2.05, 4.69) is 26.2 Å². The van der Waals surface area contributed by atoms with Crippen LogP contribution >= 0.6 is 0 Å². The lowest BCUT2D eigenvalue weighted by Crippen LogP contribution is -2.44. The molecule has 3 heterocycles. The number of hydrogen-bond acceptors (Lipinski definition) is 6. The maximum Gasteiger partial charge on any atom is 0.225 e. The van der Waals surface area contributed by atoms with Crippen LogP contribution in [0.1, 0.15) is 47.8 Å². The van der Waals surface area contributed by atoms with Crippen LogP contribution in [0.25, 0.3) is 0 Å². The first-order valence-electron chi connectivity index (χ1n) is 7.94. The van der Waals surface area contributed by atoms with Crippen LogP contribution < -0.4 is 4.90 Å². The molecular formula is C16H19N5O2. The number of hydrogen-bond donors (Lipinski definition) is 0. The topological polar surface area (TPSA) is 73.1 Å². The molecule has 2 atom stereocenters. The molecule has 2 fully saturated rings. The Morgan fingerprint density at radius 2 is 2.04 bits per heavy atom. The molecular weight excluding hydrogens is 294 g/mol. The zero-order chi connectivity index (χ0) is 15.8. The lowest BCUT2D eigenvalue weighted by molar-refractivity contribution is 0.0296. The second-order valence-corrected chi connectivity index (χ2v) is 6.23. The van der Waals surface area contributed by atoms with E-state index in [1.54, 1.807) is 12.4 Å². The fourth-order valence-corrected chi connectivity index (χ4v) is 2.90. The normalized spacial score (nSPS) is 24.7. The molecule has 0 bridgehead atoms. The number of carbonyl (C=O) groups is 1. The van der Waals surface area contributed by atoms with E-state index in [0.29, 0.717) is 30.7 Å². The van der Waals surface area contributed by atoms with Crippen LogP contribution in [0.2, 0.25) is 0 Å². The maximum atomic E-state index is 10.8. The fourth-order valence-electron chi connectivity index (χ4n) is 2.90. The molecule has 0 spiro atoms. The molecule has 4 rings (SSSR count). The number of rotatable bonds is 4. The van der Waals surface area contributed by atoms with Crippen molar-refractivity contribution in [1.29, 1.82) is 0 Å². The highest BCUT2D eigenvalue weighted by atomic mass is 16.5. The van der Waals surface area contributed by atoms with Gasteiger partial charge >= 0.3 is 0 Å². The van der Waals surface area contributed by atoms with Gasteiger partial charge in [0.1, 0.15) is 0 Å². The van der Waals surface area contributed by atoms with Crippen molar-refractivity contribution in [3.63, 3.8) is 0 Å². The van der Waals surface area contributed by atoms with Gasteiger partial charge in [0.2, 0.25) is 5.95 Å². The van der Waals surface area contributed by atoms with E-state index in [9.17, 15) is 4.79 Å². The van der Waals surface area contributed by atoms with Gasteiger partial charge < -0.3 is 9.64 Å². The van der Waals surface area contributed by atoms with Crippen molar-refractivity contribution in [2.75, 3.05) is 18.1 Å². The Hall–Kier alpha value is -2.28. The van der Waals surface area contributed by atoms with Crippen molar-refractivity contribution in [3.8, 4) is 0 Å². The highest BCUT2D eigenvalue weighted by molar-refractivity contribution is 5.73. The van der Waals surface area contributed by atoms with Crippen LogP contribution in [0.4, 0.5) is 5.95 Å². The van der Waals surface area contributed by atoms with Gasteiger partial charge in [0.15, 0.2) is 6.29 Å². The van der Waals surface area contributed by atoms with E-state index < -0.39 is 0 Å². The molecule has 0 N–H and O–H groups in total. The lowest BCUT2D eigenvalue weighted by Gasteiger charge is -2.38. The zero-order valence-corrected chi connectivity index (χ0v) is 13.0. The third-order valence-electron chi connectivity index (χ3n) is 4.35. The number of morpholine rings is 1. The minimum atomic E-state index is 0.0424. The predicted molar refractivity (Wildman–Crippen MR) is 83.4 cm³/mol. The Bertz CT molecular complexity index is 695. The van der Waals surface area contributed by atoms with Crippen LogP contribution in [-0.2, 0) is 4.74 Å². The zero-order valence-electron chi connectivity index (χ0n) is 13.0. The second kappa shape index (κ2) is 5.73. The predicted octanol–water partition coefficient (Wildman–Crippen LogP) is 1.79.